The number of halogens is 1. The minimum Gasteiger partial charge on any atom is -0.477 e. The van der Waals surface area contributed by atoms with Crippen molar-refractivity contribution in [1.82, 2.24) is 9.97 Å². The molecule has 4 nitrogen and oxygen atoms in total. The lowest BCUT2D eigenvalue weighted by Gasteiger charge is -1.98. The fourth-order valence-corrected chi connectivity index (χ4v) is 2.61. The maximum Gasteiger partial charge on any atom is 0.352 e. The van der Waals surface area contributed by atoms with Gasteiger partial charge in [0.05, 0.1) is 0 Å². The molecule has 0 bridgehead atoms. The zero-order valence-electron chi connectivity index (χ0n) is 9.20. The van der Waals surface area contributed by atoms with E-state index in [1.807, 2.05) is 24.4 Å². The second-order valence-corrected chi connectivity index (χ2v) is 4.81. The minimum atomic E-state index is -0.958. The average Bonchev–Trinajstić information content (AvgIpc) is 2.94. The van der Waals surface area contributed by atoms with Gasteiger partial charge in [-0.25, -0.2) is 4.79 Å². The summed E-state index contributed by atoms with van der Waals surface area (Å²) < 4.78 is 0.975. The highest BCUT2D eigenvalue weighted by Crippen LogP contribution is 2.33. The molecule has 0 radical (unpaired) electrons. The third-order valence-corrected chi connectivity index (χ3v) is 3.52. The highest BCUT2D eigenvalue weighted by Gasteiger charge is 2.12. The van der Waals surface area contributed by atoms with E-state index in [2.05, 4.69) is 25.9 Å². The summed E-state index contributed by atoms with van der Waals surface area (Å²) in [5, 5.41) is 9.95. The maximum atomic E-state index is 10.9. The monoisotopic (exact) mass is 304 g/mol. The molecule has 0 atom stereocenters. The first kappa shape index (κ1) is 11.1. The second-order valence-electron chi connectivity index (χ2n) is 3.96. The largest absolute Gasteiger partial charge is 0.477 e. The van der Waals surface area contributed by atoms with Crippen LogP contribution in [0, 0.1) is 0 Å². The number of nitrogens with one attached hydrogen (secondary N) is 2. The number of benzene rings is 1. The van der Waals surface area contributed by atoms with Gasteiger partial charge in [0.2, 0.25) is 0 Å². The Hall–Kier alpha value is -2.01. The number of H-pyrrole nitrogens is 2. The second kappa shape index (κ2) is 4.03. The molecule has 0 fully saturated rings. The summed E-state index contributed by atoms with van der Waals surface area (Å²) in [6.45, 7) is 0. The van der Waals surface area contributed by atoms with Gasteiger partial charge >= 0.3 is 5.97 Å². The summed E-state index contributed by atoms with van der Waals surface area (Å²) in [4.78, 5) is 16.9. The zero-order valence-corrected chi connectivity index (χ0v) is 10.8. The van der Waals surface area contributed by atoms with Crippen LogP contribution in [-0.2, 0) is 0 Å². The number of fused-ring (bicyclic) bond motifs is 1. The Morgan fingerprint density at radius 1 is 1.22 bits per heavy atom. The standard InChI is InChI=1S/C13H9BrN2O2/c14-8-2-1-3-10-12(8)7(6-15-10)9-4-5-11(16-9)13(17)18/h1-6,15-16H,(H,17,18). The smallest absolute Gasteiger partial charge is 0.352 e. The summed E-state index contributed by atoms with van der Waals surface area (Å²) in [7, 11) is 0. The minimum absolute atomic E-state index is 0.186. The van der Waals surface area contributed by atoms with Crippen molar-refractivity contribution in [2.45, 2.75) is 0 Å². The van der Waals surface area contributed by atoms with Crippen LogP contribution in [0.25, 0.3) is 22.2 Å². The molecule has 0 amide bonds. The Bertz CT molecular complexity index is 742. The molecule has 2 heterocycles. The number of hydrogen-bond donors (Lipinski definition) is 3. The Labute approximate surface area is 111 Å². The molecule has 5 heteroatoms. The molecule has 0 aliphatic carbocycles. The summed E-state index contributed by atoms with van der Waals surface area (Å²) in [6, 6.07) is 9.22. The number of aromatic nitrogens is 2. The Kier molecular flexibility index (Phi) is 2.48. The Morgan fingerprint density at radius 3 is 2.78 bits per heavy atom. The van der Waals surface area contributed by atoms with Crippen molar-refractivity contribution in [3.05, 3.63) is 46.7 Å². The fraction of sp³-hybridized carbons (Fsp3) is 0. The van der Waals surface area contributed by atoms with E-state index in [1.165, 1.54) is 0 Å². The molecule has 0 aliphatic heterocycles. The Morgan fingerprint density at radius 2 is 2.06 bits per heavy atom. The van der Waals surface area contributed by atoms with Gasteiger partial charge in [-0.2, -0.15) is 0 Å². The van der Waals surface area contributed by atoms with E-state index in [9.17, 15) is 4.79 Å². The maximum absolute atomic E-state index is 10.9. The summed E-state index contributed by atoms with van der Waals surface area (Å²) in [5.41, 5.74) is 2.92. The van der Waals surface area contributed by atoms with E-state index < -0.39 is 5.97 Å². The van der Waals surface area contributed by atoms with Gasteiger partial charge in [-0.3, -0.25) is 0 Å². The van der Waals surface area contributed by atoms with Gasteiger partial charge < -0.3 is 15.1 Å². The van der Waals surface area contributed by atoms with Gasteiger partial charge in [-0.15, -0.1) is 0 Å². The number of carboxylic acids is 1. The first-order chi connectivity index (χ1) is 8.66. The molecule has 3 rings (SSSR count). The summed E-state index contributed by atoms with van der Waals surface area (Å²) in [5.74, 6) is -0.958. The van der Waals surface area contributed by atoms with Crippen molar-refractivity contribution in [3.63, 3.8) is 0 Å². The van der Waals surface area contributed by atoms with Crippen LogP contribution >= 0.6 is 15.9 Å². The first-order valence-electron chi connectivity index (χ1n) is 5.35. The van der Waals surface area contributed by atoms with Crippen LogP contribution in [0.1, 0.15) is 10.5 Å². The molecule has 18 heavy (non-hydrogen) atoms. The highest BCUT2D eigenvalue weighted by molar-refractivity contribution is 9.10. The van der Waals surface area contributed by atoms with E-state index in [0.717, 1.165) is 26.6 Å². The molecule has 2 aromatic heterocycles. The lowest BCUT2D eigenvalue weighted by Crippen LogP contribution is -1.95. The molecule has 0 saturated carbocycles. The van der Waals surface area contributed by atoms with Gasteiger partial charge in [-0.05, 0) is 24.3 Å². The van der Waals surface area contributed by atoms with Gasteiger partial charge in [0.25, 0.3) is 0 Å². The summed E-state index contributed by atoms with van der Waals surface area (Å²) in [6.07, 6.45) is 1.87. The number of aromatic amines is 2. The first-order valence-corrected chi connectivity index (χ1v) is 6.14. The topological polar surface area (TPSA) is 68.9 Å². The summed E-state index contributed by atoms with van der Waals surface area (Å²) >= 11 is 3.51. The van der Waals surface area contributed by atoms with Crippen molar-refractivity contribution < 1.29 is 9.90 Å². The average molecular weight is 305 g/mol. The van der Waals surface area contributed by atoms with Gasteiger partial charge in [0, 0.05) is 32.8 Å². The van der Waals surface area contributed by atoms with Crippen LogP contribution in [0.5, 0.6) is 0 Å². The van der Waals surface area contributed by atoms with Crippen molar-refractivity contribution in [2.24, 2.45) is 0 Å². The molecule has 0 saturated heterocycles. The third kappa shape index (κ3) is 1.64. The van der Waals surface area contributed by atoms with Gasteiger partial charge in [-0.1, -0.05) is 22.0 Å². The molecular weight excluding hydrogens is 296 g/mol. The SMILES string of the molecule is O=C(O)c1ccc(-c2c[nH]c3cccc(Br)c23)[nH]1. The van der Waals surface area contributed by atoms with Crippen LogP contribution in [0.15, 0.2) is 41.0 Å². The molecule has 3 aromatic rings. The molecule has 90 valence electrons. The predicted molar refractivity (Wildman–Crippen MR) is 72.7 cm³/mol. The normalized spacial score (nSPS) is 10.9. The van der Waals surface area contributed by atoms with Crippen molar-refractivity contribution in [1.29, 1.82) is 0 Å². The molecule has 0 aliphatic rings. The number of rotatable bonds is 2. The van der Waals surface area contributed by atoms with Crippen LogP contribution in [0.4, 0.5) is 0 Å². The van der Waals surface area contributed by atoms with Crippen LogP contribution < -0.4 is 0 Å². The third-order valence-electron chi connectivity index (χ3n) is 2.86. The number of carbonyl (C=O) groups is 1. The van der Waals surface area contributed by atoms with Crippen molar-refractivity contribution >= 4 is 32.8 Å². The number of aromatic carboxylic acids is 1. The zero-order chi connectivity index (χ0) is 12.7. The Balaban J connectivity index is 2.22. The molecule has 0 unspecified atom stereocenters. The van der Waals surface area contributed by atoms with E-state index in [-0.39, 0.29) is 5.69 Å². The van der Waals surface area contributed by atoms with Crippen LogP contribution in [0.2, 0.25) is 0 Å². The predicted octanol–water partition coefficient (Wildman–Crippen LogP) is 3.62. The van der Waals surface area contributed by atoms with Crippen molar-refractivity contribution in [2.75, 3.05) is 0 Å². The van der Waals surface area contributed by atoms with E-state index in [4.69, 9.17) is 5.11 Å². The number of hydrogen-bond acceptors (Lipinski definition) is 1. The van der Waals surface area contributed by atoms with E-state index in [0.29, 0.717) is 0 Å². The quantitative estimate of drug-likeness (QED) is 0.677. The lowest BCUT2D eigenvalue weighted by atomic mass is 10.1. The molecular formula is C13H9BrN2O2. The van der Waals surface area contributed by atoms with Gasteiger partial charge in [0.1, 0.15) is 5.69 Å². The van der Waals surface area contributed by atoms with Gasteiger partial charge in [0.15, 0.2) is 0 Å². The molecule has 1 aromatic carbocycles. The lowest BCUT2D eigenvalue weighted by molar-refractivity contribution is 0.0691. The van der Waals surface area contributed by atoms with Crippen LogP contribution in [0.3, 0.4) is 0 Å². The molecule has 3 N–H and O–H groups in total. The fourth-order valence-electron chi connectivity index (χ4n) is 2.03. The van der Waals surface area contributed by atoms with Crippen LogP contribution in [-0.4, -0.2) is 21.0 Å². The van der Waals surface area contributed by atoms with E-state index in [1.54, 1.807) is 12.1 Å². The number of carboxylic acid groups (broad SMARTS) is 1. The highest BCUT2D eigenvalue weighted by atomic mass is 79.9. The van der Waals surface area contributed by atoms with Crippen molar-refractivity contribution in [3.8, 4) is 11.3 Å². The molecule has 0 spiro atoms. The van der Waals surface area contributed by atoms with E-state index >= 15 is 0 Å².